The van der Waals surface area contributed by atoms with Crippen LogP contribution in [0.2, 0.25) is 0 Å². The molecule has 0 saturated carbocycles. The molecule has 18 heavy (non-hydrogen) atoms. The topological polar surface area (TPSA) is 55.3 Å². The fourth-order valence-corrected chi connectivity index (χ4v) is 2.45. The number of anilines is 1. The molecule has 3 rings (SSSR count). The standard InChI is InChI=1S/C14H17N3O/c15-14-9-13(18-16-14)12-5-3-4-11(8-12)10-17-6-1-2-7-17/h3-5,8-9H,1-2,6-7,10H2,(H2,15,16). The summed E-state index contributed by atoms with van der Waals surface area (Å²) in [5, 5.41) is 3.72. The lowest BCUT2D eigenvalue weighted by Gasteiger charge is -2.14. The molecule has 2 N–H and O–H groups in total. The Kier molecular flexibility index (Phi) is 3.02. The summed E-state index contributed by atoms with van der Waals surface area (Å²) in [5.41, 5.74) is 7.92. The maximum Gasteiger partial charge on any atom is 0.169 e. The lowest BCUT2D eigenvalue weighted by molar-refractivity contribution is 0.331. The third-order valence-corrected chi connectivity index (χ3v) is 3.34. The summed E-state index contributed by atoms with van der Waals surface area (Å²) in [6.07, 6.45) is 2.64. The van der Waals surface area contributed by atoms with Crippen molar-refractivity contribution in [1.82, 2.24) is 10.1 Å². The van der Waals surface area contributed by atoms with E-state index in [1.54, 1.807) is 6.07 Å². The molecule has 1 aromatic heterocycles. The fraction of sp³-hybridized carbons (Fsp3) is 0.357. The lowest BCUT2D eigenvalue weighted by Crippen LogP contribution is -2.18. The molecule has 0 radical (unpaired) electrons. The molecule has 1 saturated heterocycles. The number of nitrogen functional groups attached to an aromatic ring is 1. The van der Waals surface area contributed by atoms with Gasteiger partial charge in [-0.25, -0.2) is 0 Å². The number of nitrogens with two attached hydrogens (primary N) is 1. The number of benzene rings is 1. The molecule has 0 bridgehead atoms. The Morgan fingerprint density at radius 2 is 2.06 bits per heavy atom. The predicted octanol–water partition coefficient (Wildman–Crippen LogP) is 2.52. The number of likely N-dealkylation sites (tertiary alicyclic amines) is 1. The van der Waals surface area contributed by atoms with Crippen molar-refractivity contribution >= 4 is 5.82 Å². The minimum absolute atomic E-state index is 0.426. The van der Waals surface area contributed by atoms with E-state index >= 15 is 0 Å². The molecule has 2 heterocycles. The van der Waals surface area contributed by atoms with Gasteiger partial charge in [-0.05, 0) is 37.6 Å². The number of hydrogen-bond donors (Lipinski definition) is 1. The van der Waals surface area contributed by atoms with Crippen molar-refractivity contribution in [3.05, 3.63) is 35.9 Å². The average molecular weight is 243 g/mol. The number of aromatic nitrogens is 1. The monoisotopic (exact) mass is 243 g/mol. The summed E-state index contributed by atoms with van der Waals surface area (Å²) < 4.78 is 5.19. The third kappa shape index (κ3) is 2.38. The summed E-state index contributed by atoms with van der Waals surface area (Å²) in [6.45, 7) is 3.43. The van der Waals surface area contributed by atoms with E-state index in [1.807, 2.05) is 6.07 Å². The molecule has 0 unspecified atom stereocenters. The van der Waals surface area contributed by atoms with Gasteiger partial charge in [0, 0.05) is 18.2 Å². The van der Waals surface area contributed by atoms with Gasteiger partial charge in [-0.3, -0.25) is 4.90 Å². The van der Waals surface area contributed by atoms with Crippen LogP contribution in [0.3, 0.4) is 0 Å². The average Bonchev–Trinajstić information content (AvgIpc) is 3.01. The van der Waals surface area contributed by atoms with E-state index in [4.69, 9.17) is 10.3 Å². The Morgan fingerprint density at radius 3 is 2.78 bits per heavy atom. The molecule has 0 aliphatic carbocycles. The van der Waals surface area contributed by atoms with Crippen LogP contribution in [0, 0.1) is 0 Å². The Hall–Kier alpha value is -1.81. The van der Waals surface area contributed by atoms with Crippen LogP contribution in [-0.2, 0) is 6.54 Å². The van der Waals surface area contributed by atoms with Gasteiger partial charge in [0.25, 0.3) is 0 Å². The summed E-state index contributed by atoms with van der Waals surface area (Å²) >= 11 is 0. The molecule has 4 nitrogen and oxygen atoms in total. The lowest BCUT2D eigenvalue weighted by atomic mass is 10.1. The van der Waals surface area contributed by atoms with Gasteiger partial charge in [-0.15, -0.1) is 0 Å². The second kappa shape index (κ2) is 4.82. The molecule has 4 heteroatoms. The minimum Gasteiger partial charge on any atom is -0.381 e. The van der Waals surface area contributed by atoms with Crippen molar-refractivity contribution < 1.29 is 4.52 Å². The normalized spacial score (nSPS) is 16.2. The Morgan fingerprint density at radius 1 is 1.22 bits per heavy atom. The maximum absolute atomic E-state index is 5.57. The molecule has 1 fully saturated rings. The van der Waals surface area contributed by atoms with Crippen LogP contribution in [0.1, 0.15) is 18.4 Å². The van der Waals surface area contributed by atoms with E-state index in [0.717, 1.165) is 17.9 Å². The SMILES string of the molecule is Nc1cc(-c2cccc(CN3CCCC3)c2)on1. The first-order chi connectivity index (χ1) is 8.81. The van der Waals surface area contributed by atoms with Gasteiger partial charge >= 0.3 is 0 Å². The summed E-state index contributed by atoms with van der Waals surface area (Å²) in [6, 6.07) is 10.1. The zero-order valence-electron chi connectivity index (χ0n) is 10.3. The van der Waals surface area contributed by atoms with Crippen molar-refractivity contribution in [2.45, 2.75) is 19.4 Å². The van der Waals surface area contributed by atoms with Crippen LogP contribution in [0.5, 0.6) is 0 Å². The zero-order chi connectivity index (χ0) is 12.4. The summed E-state index contributed by atoms with van der Waals surface area (Å²) in [7, 11) is 0. The molecule has 0 atom stereocenters. The zero-order valence-corrected chi connectivity index (χ0v) is 10.3. The molecule has 1 aliphatic heterocycles. The van der Waals surface area contributed by atoms with Crippen LogP contribution >= 0.6 is 0 Å². The Labute approximate surface area is 106 Å². The van der Waals surface area contributed by atoms with E-state index in [2.05, 4.69) is 28.3 Å². The second-order valence-electron chi connectivity index (χ2n) is 4.80. The van der Waals surface area contributed by atoms with Crippen LogP contribution in [0.4, 0.5) is 5.82 Å². The highest BCUT2D eigenvalue weighted by atomic mass is 16.5. The molecular formula is C14H17N3O. The first kappa shape index (κ1) is 11.3. The first-order valence-electron chi connectivity index (χ1n) is 6.35. The van der Waals surface area contributed by atoms with Gasteiger partial charge in [-0.1, -0.05) is 23.4 Å². The quantitative estimate of drug-likeness (QED) is 0.900. The van der Waals surface area contributed by atoms with E-state index in [-0.39, 0.29) is 0 Å². The number of hydrogen-bond acceptors (Lipinski definition) is 4. The molecule has 0 spiro atoms. The van der Waals surface area contributed by atoms with Gasteiger partial charge < -0.3 is 10.3 Å². The van der Waals surface area contributed by atoms with E-state index < -0.39 is 0 Å². The van der Waals surface area contributed by atoms with Crippen LogP contribution in [0.25, 0.3) is 11.3 Å². The fourth-order valence-electron chi connectivity index (χ4n) is 2.45. The summed E-state index contributed by atoms with van der Waals surface area (Å²) in [5.74, 6) is 1.16. The largest absolute Gasteiger partial charge is 0.381 e. The predicted molar refractivity (Wildman–Crippen MR) is 70.9 cm³/mol. The molecule has 94 valence electrons. The van der Waals surface area contributed by atoms with Gasteiger partial charge in [0.1, 0.15) is 0 Å². The van der Waals surface area contributed by atoms with E-state index in [1.165, 1.54) is 31.5 Å². The molecule has 1 aromatic carbocycles. The highest BCUT2D eigenvalue weighted by Gasteiger charge is 2.12. The van der Waals surface area contributed by atoms with Crippen LogP contribution in [-0.4, -0.2) is 23.1 Å². The molecule has 2 aromatic rings. The van der Waals surface area contributed by atoms with E-state index in [0.29, 0.717) is 5.82 Å². The van der Waals surface area contributed by atoms with Gasteiger partial charge in [0.05, 0.1) is 0 Å². The summed E-state index contributed by atoms with van der Waals surface area (Å²) in [4.78, 5) is 2.48. The molecule has 1 aliphatic rings. The van der Waals surface area contributed by atoms with Gasteiger partial charge in [-0.2, -0.15) is 0 Å². The Balaban J connectivity index is 1.80. The molecular weight excluding hydrogens is 226 g/mol. The van der Waals surface area contributed by atoms with Crippen molar-refractivity contribution in [3.63, 3.8) is 0 Å². The van der Waals surface area contributed by atoms with E-state index in [9.17, 15) is 0 Å². The molecule has 0 amide bonds. The van der Waals surface area contributed by atoms with Gasteiger partial charge in [0.2, 0.25) is 0 Å². The smallest absolute Gasteiger partial charge is 0.169 e. The Bertz CT molecular complexity index is 529. The minimum atomic E-state index is 0.426. The second-order valence-corrected chi connectivity index (χ2v) is 4.80. The highest BCUT2D eigenvalue weighted by molar-refractivity contribution is 5.60. The van der Waals surface area contributed by atoms with Gasteiger partial charge in [0.15, 0.2) is 11.6 Å². The first-order valence-corrected chi connectivity index (χ1v) is 6.35. The maximum atomic E-state index is 5.57. The van der Waals surface area contributed by atoms with Crippen molar-refractivity contribution in [3.8, 4) is 11.3 Å². The highest BCUT2D eigenvalue weighted by Crippen LogP contribution is 2.23. The number of rotatable bonds is 3. The van der Waals surface area contributed by atoms with Crippen molar-refractivity contribution in [2.75, 3.05) is 18.8 Å². The third-order valence-electron chi connectivity index (χ3n) is 3.34. The van der Waals surface area contributed by atoms with Crippen LogP contribution in [0.15, 0.2) is 34.9 Å². The van der Waals surface area contributed by atoms with Crippen molar-refractivity contribution in [1.29, 1.82) is 0 Å². The van der Waals surface area contributed by atoms with Crippen LogP contribution < -0.4 is 5.73 Å². The van der Waals surface area contributed by atoms with Crippen molar-refractivity contribution in [2.24, 2.45) is 0 Å². The number of nitrogens with zero attached hydrogens (tertiary/aromatic N) is 2.